The van der Waals surface area contributed by atoms with Crippen LogP contribution in [0.15, 0.2) is 35.7 Å². The predicted octanol–water partition coefficient (Wildman–Crippen LogP) is 2.03. The van der Waals surface area contributed by atoms with Crippen molar-refractivity contribution in [3.63, 3.8) is 0 Å². The molecule has 1 amide bonds. The monoisotopic (exact) mass is 527 g/mol. The minimum absolute atomic E-state index is 0. The second-order valence-corrected chi connectivity index (χ2v) is 7.18. The van der Waals surface area contributed by atoms with Crippen LogP contribution in [-0.2, 0) is 18.4 Å². The number of aliphatic imine (C=N–C) groups is 1. The van der Waals surface area contributed by atoms with E-state index in [2.05, 4.69) is 15.4 Å². The Balaban J connectivity index is 0.00000320. The molecule has 164 valence electrons. The molecule has 2 aromatic heterocycles. The van der Waals surface area contributed by atoms with Gasteiger partial charge in [-0.05, 0) is 26.3 Å². The molecule has 3 rings (SSSR count). The van der Waals surface area contributed by atoms with Crippen LogP contribution < -0.4 is 15.0 Å². The Morgan fingerprint density at radius 1 is 1.30 bits per heavy atom. The predicted molar refractivity (Wildman–Crippen MR) is 127 cm³/mol. The number of hydrogen-bond acceptors (Lipinski definition) is 5. The van der Waals surface area contributed by atoms with E-state index >= 15 is 0 Å². The molecule has 0 aromatic carbocycles. The molecule has 1 N–H and O–H groups in total. The number of pyridine rings is 1. The average Bonchev–Trinajstić information content (AvgIpc) is 3.12. The lowest BCUT2D eigenvalue weighted by atomic mass is 10.3. The first-order chi connectivity index (χ1) is 14.0. The fourth-order valence-electron chi connectivity index (χ4n) is 3.08. The highest BCUT2D eigenvalue weighted by atomic mass is 127. The molecule has 0 atom stereocenters. The number of aryl methyl sites for hydroxylation is 1. The maximum Gasteiger partial charge on any atom is 0.246 e. The van der Waals surface area contributed by atoms with Gasteiger partial charge in [0.1, 0.15) is 6.54 Å². The van der Waals surface area contributed by atoms with E-state index < -0.39 is 0 Å². The maximum atomic E-state index is 12.7. The highest BCUT2D eigenvalue weighted by molar-refractivity contribution is 14.0. The van der Waals surface area contributed by atoms with Gasteiger partial charge in [-0.15, -0.1) is 24.0 Å². The molecule has 1 saturated heterocycles. The van der Waals surface area contributed by atoms with Crippen molar-refractivity contribution >= 4 is 41.5 Å². The molecule has 0 saturated carbocycles. The van der Waals surface area contributed by atoms with E-state index in [1.165, 1.54) is 0 Å². The Morgan fingerprint density at radius 2 is 2.10 bits per heavy atom. The zero-order chi connectivity index (χ0) is 20.8. The smallest absolute Gasteiger partial charge is 0.246 e. The van der Waals surface area contributed by atoms with E-state index in [1.54, 1.807) is 22.0 Å². The Labute approximate surface area is 194 Å². The number of ether oxygens (including phenoxy) is 1. The van der Waals surface area contributed by atoms with Crippen LogP contribution in [0.25, 0.3) is 0 Å². The zero-order valence-electron chi connectivity index (χ0n) is 17.9. The van der Waals surface area contributed by atoms with Gasteiger partial charge in [0.05, 0.1) is 24.5 Å². The molecule has 1 aliphatic heterocycles. The summed E-state index contributed by atoms with van der Waals surface area (Å²) in [6.07, 6.45) is 5.43. The van der Waals surface area contributed by atoms with Crippen molar-refractivity contribution < 1.29 is 9.53 Å². The Kier molecular flexibility index (Phi) is 8.88. The van der Waals surface area contributed by atoms with E-state index in [-0.39, 0.29) is 42.5 Å². The third-order valence-corrected chi connectivity index (χ3v) is 4.42. The Bertz CT molecular complexity index is 851. The molecule has 30 heavy (non-hydrogen) atoms. The number of carbonyl (C=O) groups excluding carboxylic acids is 1. The van der Waals surface area contributed by atoms with Crippen molar-refractivity contribution in [2.24, 2.45) is 12.0 Å². The summed E-state index contributed by atoms with van der Waals surface area (Å²) in [5.74, 6) is 1.37. The summed E-state index contributed by atoms with van der Waals surface area (Å²) < 4.78 is 7.27. The van der Waals surface area contributed by atoms with Crippen molar-refractivity contribution in [1.82, 2.24) is 25.0 Å². The van der Waals surface area contributed by atoms with Crippen molar-refractivity contribution in [2.75, 3.05) is 31.1 Å². The van der Waals surface area contributed by atoms with E-state index in [0.29, 0.717) is 25.5 Å². The van der Waals surface area contributed by atoms with Gasteiger partial charge in [0.25, 0.3) is 0 Å². The van der Waals surface area contributed by atoms with Crippen molar-refractivity contribution in [3.05, 3.63) is 36.3 Å². The van der Waals surface area contributed by atoms with Gasteiger partial charge < -0.3 is 19.9 Å². The van der Waals surface area contributed by atoms with Crippen molar-refractivity contribution in [3.8, 4) is 5.88 Å². The number of amides is 1. The van der Waals surface area contributed by atoms with Crippen LogP contribution in [0.4, 0.5) is 5.69 Å². The van der Waals surface area contributed by atoms with E-state index in [1.807, 2.05) is 51.0 Å². The van der Waals surface area contributed by atoms with Gasteiger partial charge in [-0.3, -0.25) is 9.48 Å². The van der Waals surface area contributed by atoms with Crippen LogP contribution in [0, 0.1) is 0 Å². The van der Waals surface area contributed by atoms with Crippen LogP contribution in [0.2, 0.25) is 0 Å². The number of piperazine rings is 1. The quantitative estimate of drug-likeness (QED) is 0.352. The number of rotatable bonds is 6. The number of hydrogen-bond donors (Lipinski definition) is 1. The number of nitrogens with zero attached hydrogens (tertiary/aromatic N) is 6. The molecule has 0 aliphatic carbocycles. The molecule has 3 heterocycles. The Hall–Kier alpha value is -2.37. The largest absolute Gasteiger partial charge is 0.475 e. The lowest BCUT2D eigenvalue weighted by Gasteiger charge is -2.35. The number of anilines is 1. The van der Waals surface area contributed by atoms with Gasteiger partial charge in [0, 0.05) is 45.1 Å². The third-order valence-electron chi connectivity index (χ3n) is 4.42. The fourth-order valence-corrected chi connectivity index (χ4v) is 3.08. The number of halogens is 1. The van der Waals surface area contributed by atoms with Gasteiger partial charge in [0.2, 0.25) is 11.8 Å². The summed E-state index contributed by atoms with van der Waals surface area (Å²) >= 11 is 0. The number of aromatic nitrogens is 3. The maximum absolute atomic E-state index is 12.7. The van der Waals surface area contributed by atoms with E-state index in [4.69, 9.17) is 9.73 Å². The molecule has 2 aromatic rings. The molecule has 1 aliphatic rings. The van der Waals surface area contributed by atoms with Crippen LogP contribution >= 0.6 is 24.0 Å². The van der Waals surface area contributed by atoms with Gasteiger partial charge in [0.15, 0.2) is 5.96 Å². The molecule has 10 heteroatoms. The topological polar surface area (TPSA) is 87.9 Å². The first kappa shape index (κ1) is 23.9. The summed E-state index contributed by atoms with van der Waals surface area (Å²) in [6.45, 7) is 8.74. The van der Waals surface area contributed by atoms with Gasteiger partial charge in [-0.2, -0.15) is 5.10 Å². The average molecular weight is 527 g/mol. The summed E-state index contributed by atoms with van der Waals surface area (Å²) in [6, 6.07) is 3.82. The van der Waals surface area contributed by atoms with E-state index in [0.717, 1.165) is 23.8 Å². The standard InChI is InChI=1S/C20H29N7O2.HI/c1-5-21-20(23-11-16-6-7-18(22-10-16)29-15(2)3)26-8-9-27(19(28)14-26)17-12-24-25(4)13-17;/h6-7,10,12-13,15H,5,8-9,11,14H2,1-4H3,(H,21,23);1H. The molecule has 0 bridgehead atoms. The van der Waals surface area contributed by atoms with Crippen LogP contribution in [0.3, 0.4) is 0 Å². The SMILES string of the molecule is CCNC(=NCc1ccc(OC(C)C)nc1)N1CCN(c2cnn(C)c2)C(=O)C1.I. The second-order valence-electron chi connectivity index (χ2n) is 7.18. The summed E-state index contributed by atoms with van der Waals surface area (Å²) in [5, 5.41) is 7.44. The number of nitrogens with one attached hydrogen (secondary N) is 1. The van der Waals surface area contributed by atoms with Gasteiger partial charge in [-0.1, -0.05) is 6.07 Å². The molecule has 0 radical (unpaired) electrons. The number of guanidine groups is 1. The number of carbonyl (C=O) groups is 1. The van der Waals surface area contributed by atoms with Gasteiger partial charge >= 0.3 is 0 Å². The summed E-state index contributed by atoms with van der Waals surface area (Å²) in [4.78, 5) is 25.4. The summed E-state index contributed by atoms with van der Waals surface area (Å²) in [5.41, 5.74) is 1.81. The zero-order valence-corrected chi connectivity index (χ0v) is 20.2. The first-order valence-electron chi connectivity index (χ1n) is 9.90. The van der Waals surface area contributed by atoms with Crippen molar-refractivity contribution in [2.45, 2.75) is 33.4 Å². The minimum atomic E-state index is 0. The first-order valence-corrected chi connectivity index (χ1v) is 9.90. The molecular formula is C20H30IN7O2. The lowest BCUT2D eigenvalue weighted by Crippen LogP contribution is -2.55. The van der Waals surface area contributed by atoms with Crippen molar-refractivity contribution in [1.29, 1.82) is 0 Å². The highest BCUT2D eigenvalue weighted by Gasteiger charge is 2.27. The molecule has 0 spiro atoms. The molecule has 0 unspecified atom stereocenters. The van der Waals surface area contributed by atoms with Crippen LogP contribution in [0.1, 0.15) is 26.3 Å². The highest BCUT2D eigenvalue weighted by Crippen LogP contribution is 2.16. The molecule has 9 nitrogen and oxygen atoms in total. The van der Waals surface area contributed by atoms with Crippen LogP contribution in [-0.4, -0.2) is 63.8 Å². The minimum Gasteiger partial charge on any atom is -0.475 e. The van der Waals surface area contributed by atoms with Gasteiger partial charge in [-0.25, -0.2) is 9.98 Å². The van der Waals surface area contributed by atoms with Crippen LogP contribution in [0.5, 0.6) is 5.88 Å². The summed E-state index contributed by atoms with van der Waals surface area (Å²) in [7, 11) is 1.84. The molecular weight excluding hydrogens is 497 g/mol. The third kappa shape index (κ3) is 6.31. The molecule has 1 fully saturated rings. The second kappa shape index (κ2) is 11.1. The van der Waals surface area contributed by atoms with E-state index in [9.17, 15) is 4.79 Å². The normalized spacial score (nSPS) is 14.7. The lowest BCUT2D eigenvalue weighted by molar-refractivity contribution is -0.120. The Morgan fingerprint density at radius 3 is 2.67 bits per heavy atom. The fraction of sp³-hybridized carbons (Fsp3) is 0.500.